The minimum absolute atomic E-state index is 0.172. The van der Waals surface area contributed by atoms with Crippen LogP contribution in [0.1, 0.15) is 28.2 Å². The van der Waals surface area contributed by atoms with Crippen LogP contribution in [0.15, 0.2) is 40.2 Å². The van der Waals surface area contributed by atoms with Crippen LogP contribution in [-0.2, 0) is 9.53 Å². The number of carbonyl (C=O) groups is 2. The van der Waals surface area contributed by atoms with E-state index in [-0.39, 0.29) is 11.6 Å². The standard InChI is InChI=1S/C15H13BrFNO3S/c1-9(13-3-2-6-22-13)18-14(19)8-21-15(20)11-7-10(16)4-5-12(11)17/h2-7,9H,8H2,1H3,(H,18,19)/t9-/m0/s1. The number of amides is 1. The van der Waals surface area contributed by atoms with Crippen molar-refractivity contribution in [2.45, 2.75) is 13.0 Å². The summed E-state index contributed by atoms with van der Waals surface area (Å²) in [4.78, 5) is 24.5. The molecule has 0 aliphatic heterocycles. The Morgan fingerprint density at radius 3 is 2.86 bits per heavy atom. The summed E-state index contributed by atoms with van der Waals surface area (Å²) in [5.41, 5.74) is -0.214. The average Bonchev–Trinajstić information content (AvgIpc) is 3.01. The molecule has 1 N–H and O–H groups in total. The van der Waals surface area contributed by atoms with Crippen LogP contribution < -0.4 is 5.32 Å². The summed E-state index contributed by atoms with van der Waals surface area (Å²) in [7, 11) is 0. The van der Waals surface area contributed by atoms with Crippen LogP contribution in [0, 0.1) is 5.82 Å². The molecule has 1 heterocycles. The van der Waals surface area contributed by atoms with Crippen molar-refractivity contribution < 1.29 is 18.7 Å². The number of thiophene rings is 1. The zero-order chi connectivity index (χ0) is 16.1. The second kappa shape index (κ2) is 7.51. The largest absolute Gasteiger partial charge is 0.452 e. The Balaban J connectivity index is 1.88. The molecule has 0 fully saturated rings. The lowest BCUT2D eigenvalue weighted by molar-refractivity contribution is -0.124. The number of hydrogen-bond donors (Lipinski definition) is 1. The van der Waals surface area contributed by atoms with E-state index in [1.54, 1.807) is 0 Å². The van der Waals surface area contributed by atoms with Crippen LogP contribution in [0.3, 0.4) is 0 Å². The molecule has 0 radical (unpaired) electrons. The molecule has 1 atom stereocenters. The number of nitrogens with one attached hydrogen (secondary N) is 1. The molecule has 1 aromatic heterocycles. The van der Waals surface area contributed by atoms with E-state index >= 15 is 0 Å². The quantitative estimate of drug-likeness (QED) is 0.798. The van der Waals surface area contributed by atoms with Gasteiger partial charge in [-0.1, -0.05) is 22.0 Å². The third kappa shape index (κ3) is 4.38. The van der Waals surface area contributed by atoms with Gasteiger partial charge >= 0.3 is 5.97 Å². The second-order valence-electron chi connectivity index (χ2n) is 4.50. The van der Waals surface area contributed by atoms with E-state index in [2.05, 4.69) is 21.2 Å². The van der Waals surface area contributed by atoms with Gasteiger partial charge in [0.2, 0.25) is 0 Å². The van der Waals surface area contributed by atoms with Crippen molar-refractivity contribution in [3.8, 4) is 0 Å². The molecule has 1 aromatic carbocycles. The van der Waals surface area contributed by atoms with Gasteiger partial charge < -0.3 is 10.1 Å². The molecule has 0 spiro atoms. The summed E-state index contributed by atoms with van der Waals surface area (Å²) >= 11 is 4.67. The highest BCUT2D eigenvalue weighted by molar-refractivity contribution is 9.10. The van der Waals surface area contributed by atoms with Gasteiger partial charge in [0.1, 0.15) is 5.82 Å². The van der Waals surface area contributed by atoms with Gasteiger partial charge in [-0.15, -0.1) is 11.3 Å². The highest BCUT2D eigenvalue weighted by Gasteiger charge is 2.16. The van der Waals surface area contributed by atoms with Gasteiger partial charge in [0.25, 0.3) is 5.91 Å². The number of carbonyl (C=O) groups excluding carboxylic acids is 2. The Kier molecular flexibility index (Phi) is 5.68. The zero-order valence-corrected chi connectivity index (χ0v) is 14.0. The summed E-state index contributed by atoms with van der Waals surface area (Å²) in [6.07, 6.45) is 0. The van der Waals surface area contributed by atoms with Crippen molar-refractivity contribution >= 4 is 39.1 Å². The van der Waals surface area contributed by atoms with Crippen molar-refractivity contribution in [1.82, 2.24) is 5.32 Å². The fraction of sp³-hybridized carbons (Fsp3) is 0.200. The minimum Gasteiger partial charge on any atom is -0.452 e. The number of hydrogen-bond acceptors (Lipinski definition) is 4. The molecule has 2 aromatic rings. The fourth-order valence-corrected chi connectivity index (χ4v) is 2.85. The first kappa shape index (κ1) is 16.6. The number of esters is 1. The highest BCUT2D eigenvalue weighted by Crippen LogP contribution is 2.18. The SMILES string of the molecule is C[C@H](NC(=O)COC(=O)c1cc(Br)ccc1F)c1cccs1. The van der Waals surface area contributed by atoms with E-state index in [4.69, 9.17) is 4.74 Å². The van der Waals surface area contributed by atoms with Crippen LogP contribution in [-0.4, -0.2) is 18.5 Å². The molecular weight excluding hydrogens is 373 g/mol. The maximum Gasteiger partial charge on any atom is 0.341 e. The molecule has 0 bridgehead atoms. The Morgan fingerprint density at radius 1 is 1.41 bits per heavy atom. The normalized spacial score (nSPS) is 11.8. The lowest BCUT2D eigenvalue weighted by Crippen LogP contribution is -2.30. The lowest BCUT2D eigenvalue weighted by Gasteiger charge is -2.12. The van der Waals surface area contributed by atoms with E-state index in [0.717, 1.165) is 10.9 Å². The van der Waals surface area contributed by atoms with Gasteiger partial charge in [-0.05, 0) is 36.6 Å². The van der Waals surface area contributed by atoms with E-state index in [1.807, 2.05) is 24.4 Å². The predicted octanol–water partition coefficient (Wildman–Crippen LogP) is 3.68. The van der Waals surface area contributed by atoms with Crippen LogP contribution in [0.5, 0.6) is 0 Å². The topological polar surface area (TPSA) is 55.4 Å². The first-order valence-corrected chi connectivity index (χ1v) is 8.09. The van der Waals surface area contributed by atoms with Crippen LogP contribution in [0.2, 0.25) is 0 Å². The van der Waals surface area contributed by atoms with Gasteiger partial charge in [-0.25, -0.2) is 9.18 Å². The van der Waals surface area contributed by atoms with E-state index < -0.39 is 24.3 Å². The highest BCUT2D eigenvalue weighted by atomic mass is 79.9. The monoisotopic (exact) mass is 385 g/mol. The molecule has 0 saturated carbocycles. The van der Waals surface area contributed by atoms with Crippen molar-refractivity contribution in [3.63, 3.8) is 0 Å². The summed E-state index contributed by atoms with van der Waals surface area (Å²) in [6.45, 7) is 1.38. The molecule has 4 nitrogen and oxygen atoms in total. The smallest absolute Gasteiger partial charge is 0.341 e. The summed E-state index contributed by atoms with van der Waals surface area (Å²) in [5, 5.41) is 4.62. The van der Waals surface area contributed by atoms with Gasteiger partial charge in [-0.3, -0.25) is 4.79 Å². The molecule has 7 heteroatoms. The van der Waals surface area contributed by atoms with Crippen LogP contribution in [0.25, 0.3) is 0 Å². The first-order valence-electron chi connectivity index (χ1n) is 6.42. The van der Waals surface area contributed by atoms with Gasteiger partial charge in [0.05, 0.1) is 11.6 Å². The minimum atomic E-state index is -0.877. The molecular formula is C15H13BrFNO3S. The van der Waals surface area contributed by atoms with Crippen molar-refractivity contribution in [3.05, 3.63) is 56.4 Å². The number of benzene rings is 1. The average molecular weight is 386 g/mol. The fourth-order valence-electron chi connectivity index (χ4n) is 1.75. The second-order valence-corrected chi connectivity index (χ2v) is 6.40. The van der Waals surface area contributed by atoms with Crippen molar-refractivity contribution in [1.29, 1.82) is 0 Å². The third-order valence-electron chi connectivity index (χ3n) is 2.83. The maximum absolute atomic E-state index is 13.5. The van der Waals surface area contributed by atoms with Gasteiger partial charge in [-0.2, -0.15) is 0 Å². The zero-order valence-electron chi connectivity index (χ0n) is 11.6. The molecule has 0 saturated heterocycles. The van der Waals surface area contributed by atoms with Crippen molar-refractivity contribution in [2.24, 2.45) is 0 Å². The van der Waals surface area contributed by atoms with Gasteiger partial charge in [0, 0.05) is 9.35 Å². The Labute approximate surface area is 139 Å². The van der Waals surface area contributed by atoms with Gasteiger partial charge in [0.15, 0.2) is 6.61 Å². The molecule has 116 valence electrons. The summed E-state index contributed by atoms with van der Waals surface area (Å²) in [6, 6.07) is 7.55. The van der Waals surface area contributed by atoms with E-state index in [9.17, 15) is 14.0 Å². The maximum atomic E-state index is 13.5. The number of rotatable bonds is 5. The van der Waals surface area contributed by atoms with Crippen molar-refractivity contribution in [2.75, 3.05) is 6.61 Å². The molecule has 0 aliphatic carbocycles. The van der Waals surface area contributed by atoms with E-state index in [0.29, 0.717) is 4.47 Å². The predicted molar refractivity (Wildman–Crippen MR) is 85.3 cm³/mol. The third-order valence-corrected chi connectivity index (χ3v) is 4.38. The van der Waals surface area contributed by atoms with E-state index in [1.165, 1.54) is 23.5 Å². The lowest BCUT2D eigenvalue weighted by atomic mass is 10.2. The van der Waals surface area contributed by atoms with Crippen LogP contribution >= 0.6 is 27.3 Å². The Morgan fingerprint density at radius 2 is 2.18 bits per heavy atom. The Bertz CT molecular complexity index is 675. The number of ether oxygens (including phenoxy) is 1. The molecule has 0 aliphatic rings. The Hall–Kier alpha value is -1.73. The summed E-state index contributed by atoms with van der Waals surface area (Å²) in [5.74, 6) is -2.01. The molecule has 0 unspecified atom stereocenters. The summed E-state index contributed by atoms with van der Waals surface area (Å²) < 4.78 is 18.9. The first-order chi connectivity index (χ1) is 10.5. The molecule has 1 amide bonds. The molecule has 2 rings (SSSR count). The molecule has 22 heavy (non-hydrogen) atoms. The number of halogens is 2. The van der Waals surface area contributed by atoms with Crippen LogP contribution in [0.4, 0.5) is 4.39 Å².